The van der Waals surface area contributed by atoms with Crippen molar-refractivity contribution in [3.8, 4) is 0 Å². The van der Waals surface area contributed by atoms with Crippen LogP contribution in [0.3, 0.4) is 0 Å². The van der Waals surface area contributed by atoms with Gasteiger partial charge in [0.05, 0.1) is 6.04 Å². The molecule has 0 aliphatic rings. The molecule has 1 amide bonds. The average Bonchev–Trinajstić information content (AvgIpc) is 2.40. The van der Waals surface area contributed by atoms with E-state index in [-0.39, 0.29) is 11.9 Å². The molecule has 0 fully saturated rings. The number of amides is 1. The molecule has 0 bridgehead atoms. The summed E-state index contributed by atoms with van der Waals surface area (Å²) < 4.78 is 0. The van der Waals surface area contributed by atoms with E-state index in [1.165, 1.54) is 5.56 Å². The third-order valence-electron chi connectivity index (χ3n) is 3.09. The molecule has 0 saturated carbocycles. The lowest BCUT2D eigenvalue weighted by atomic mass is 10.1. The zero-order valence-electron chi connectivity index (χ0n) is 11.7. The number of alkyl halides is 1. The second-order valence-electron chi connectivity index (χ2n) is 4.84. The minimum Gasteiger partial charge on any atom is -0.354 e. The standard InChI is InChI=1S/C15H23BrN2O/c1-18(2)14(13-8-4-3-5-9-13)12-17-15(19)10-6-7-11-16/h3-5,8-9,14H,6-7,10-12H2,1-2H3,(H,17,19). The predicted octanol–water partition coefficient (Wildman–Crippen LogP) is 2.97. The van der Waals surface area contributed by atoms with Crippen LogP contribution in [0.5, 0.6) is 0 Å². The van der Waals surface area contributed by atoms with Crippen molar-refractivity contribution in [2.24, 2.45) is 0 Å². The van der Waals surface area contributed by atoms with Crippen molar-refractivity contribution in [3.05, 3.63) is 35.9 Å². The molecule has 19 heavy (non-hydrogen) atoms. The summed E-state index contributed by atoms with van der Waals surface area (Å²) in [7, 11) is 4.07. The topological polar surface area (TPSA) is 32.3 Å². The van der Waals surface area contributed by atoms with Gasteiger partial charge >= 0.3 is 0 Å². The highest BCUT2D eigenvalue weighted by Crippen LogP contribution is 2.16. The van der Waals surface area contributed by atoms with Gasteiger partial charge in [-0.05, 0) is 32.5 Å². The Balaban J connectivity index is 2.45. The maximum absolute atomic E-state index is 11.7. The molecule has 0 radical (unpaired) electrons. The molecule has 1 N–H and O–H groups in total. The average molecular weight is 327 g/mol. The molecule has 0 aliphatic heterocycles. The van der Waals surface area contributed by atoms with Gasteiger partial charge in [0.15, 0.2) is 0 Å². The van der Waals surface area contributed by atoms with Crippen LogP contribution in [0.2, 0.25) is 0 Å². The number of halogens is 1. The molecule has 1 aromatic carbocycles. The molecule has 1 atom stereocenters. The fraction of sp³-hybridized carbons (Fsp3) is 0.533. The molecular formula is C15H23BrN2O. The van der Waals surface area contributed by atoms with Gasteiger partial charge in [0.2, 0.25) is 5.91 Å². The van der Waals surface area contributed by atoms with Gasteiger partial charge in [0.1, 0.15) is 0 Å². The van der Waals surface area contributed by atoms with Crippen LogP contribution in [0.4, 0.5) is 0 Å². The number of benzene rings is 1. The highest BCUT2D eigenvalue weighted by Gasteiger charge is 2.14. The molecule has 3 nitrogen and oxygen atoms in total. The number of likely N-dealkylation sites (N-methyl/N-ethyl adjacent to an activating group) is 1. The Hall–Kier alpha value is -0.870. The van der Waals surface area contributed by atoms with Crippen molar-refractivity contribution < 1.29 is 4.79 Å². The molecule has 1 unspecified atom stereocenters. The Labute approximate surface area is 124 Å². The minimum absolute atomic E-state index is 0.142. The van der Waals surface area contributed by atoms with E-state index in [0.717, 1.165) is 18.2 Å². The molecule has 0 heterocycles. The van der Waals surface area contributed by atoms with Crippen LogP contribution in [0, 0.1) is 0 Å². The van der Waals surface area contributed by atoms with Crippen molar-refractivity contribution in [3.63, 3.8) is 0 Å². The zero-order valence-corrected chi connectivity index (χ0v) is 13.3. The number of hydrogen-bond donors (Lipinski definition) is 1. The summed E-state index contributed by atoms with van der Waals surface area (Å²) in [4.78, 5) is 13.9. The second-order valence-corrected chi connectivity index (χ2v) is 5.63. The normalized spacial score (nSPS) is 12.4. The van der Waals surface area contributed by atoms with Gasteiger partial charge in [0, 0.05) is 18.3 Å². The quantitative estimate of drug-likeness (QED) is 0.588. The van der Waals surface area contributed by atoms with Crippen molar-refractivity contribution in [1.82, 2.24) is 10.2 Å². The third kappa shape index (κ3) is 6.21. The Bertz CT molecular complexity index is 368. The number of unbranched alkanes of at least 4 members (excludes halogenated alkanes) is 1. The van der Waals surface area contributed by atoms with Crippen molar-refractivity contribution >= 4 is 21.8 Å². The minimum atomic E-state index is 0.142. The van der Waals surface area contributed by atoms with Gasteiger partial charge in [-0.3, -0.25) is 4.79 Å². The van der Waals surface area contributed by atoms with E-state index in [1.807, 2.05) is 32.3 Å². The summed E-state index contributed by atoms with van der Waals surface area (Å²) in [5.41, 5.74) is 1.23. The van der Waals surface area contributed by atoms with E-state index in [2.05, 4.69) is 38.3 Å². The summed E-state index contributed by atoms with van der Waals surface area (Å²) >= 11 is 3.37. The number of carbonyl (C=O) groups excluding carboxylic acids is 1. The lowest BCUT2D eigenvalue weighted by molar-refractivity contribution is -0.121. The molecule has 106 valence electrons. The lowest BCUT2D eigenvalue weighted by Crippen LogP contribution is -2.34. The van der Waals surface area contributed by atoms with Gasteiger partial charge in [-0.2, -0.15) is 0 Å². The molecule has 0 aliphatic carbocycles. The summed E-state index contributed by atoms with van der Waals surface area (Å²) in [6.07, 6.45) is 2.60. The highest BCUT2D eigenvalue weighted by atomic mass is 79.9. The Kier molecular flexibility index (Phi) is 7.75. The number of carbonyl (C=O) groups is 1. The molecule has 1 aromatic rings. The van der Waals surface area contributed by atoms with Crippen LogP contribution in [0.15, 0.2) is 30.3 Å². The smallest absolute Gasteiger partial charge is 0.220 e. The second kappa shape index (κ2) is 9.10. The lowest BCUT2D eigenvalue weighted by Gasteiger charge is -2.25. The van der Waals surface area contributed by atoms with Crippen LogP contribution in [-0.2, 0) is 4.79 Å². The van der Waals surface area contributed by atoms with Crippen LogP contribution >= 0.6 is 15.9 Å². The van der Waals surface area contributed by atoms with Crippen molar-refractivity contribution in [2.75, 3.05) is 26.0 Å². The monoisotopic (exact) mass is 326 g/mol. The first-order valence-corrected chi connectivity index (χ1v) is 7.81. The maximum Gasteiger partial charge on any atom is 0.220 e. The summed E-state index contributed by atoms with van der Waals surface area (Å²) in [6.45, 7) is 0.657. The molecule has 1 rings (SSSR count). The Morgan fingerprint density at radius 2 is 1.95 bits per heavy atom. The van der Waals surface area contributed by atoms with Crippen LogP contribution in [0.25, 0.3) is 0 Å². The zero-order chi connectivity index (χ0) is 14.1. The van der Waals surface area contributed by atoms with Gasteiger partial charge in [0.25, 0.3) is 0 Å². The van der Waals surface area contributed by atoms with Gasteiger partial charge in [-0.15, -0.1) is 0 Å². The van der Waals surface area contributed by atoms with E-state index in [9.17, 15) is 4.79 Å². The van der Waals surface area contributed by atoms with Crippen LogP contribution < -0.4 is 5.32 Å². The summed E-state index contributed by atoms with van der Waals surface area (Å²) in [6, 6.07) is 10.5. The SMILES string of the molecule is CN(C)C(CNC(=O)CCCCBr)c1ccccc1. The van der Waals surface area contributed by atoms with E-state index >= 15 is 0 Å². The molecule has 0 aromatic heterocycles. The first kappa shape index (κ1) is 16.2. The van der Waals surface area contributed by atoms with Gasteiger partial charge in [-0.25, -0.2) is 0 Å². The van der Waals surface area contributed by atoms with Crippen molar-refractivity contribution in [2.45, 2.75) is 25.3 Å². The number of nitrogens with one attached hydrogen (secondary N) is 1. The van der Waals surface area contributed by atoms with Crippen molar-refractivity contribution in [1.29, 1.82) is 0 Å². The first-order chi connectivity index (χ1) is 9.15. The number of rotatable bonds is 8. The third-order valence-corrected chi connectivity index (χ3v) is 3.65. The van der Waals surface area contributed by atoms with E-state index in [4.69, 9.17) is 0 Å². The first-order valence-electron chi connectivity index (χ1n) is 6.69. The fourth-order valence-corrected chi connectivity index (χ4v) is 2.35. The molecule has 0 spiro atoms. The largest absolute Gasteiger partial charge is 0.354 e. The molecule has 4 heteroatoms. The number of nitrogens with zero attached hydrogens (tertiary/aromatic N) is 1. The Morgan fingerprint density at radius 3 is 2.53 bits per heavy atom. The van der Waals surface area contributed by atoms with E-state index in [0.29, 0.717) is 13.0 Å². The maximum atomic E-state index is 11.7. The number of hydrogen-bond acceptors (Lipinski definition) is 2. The fourth-order valence-electron chi connectivity index (χ4n) is 1.95. The van der Waals surface area contributed by atoms with Crippen LogP contribution in [0.1, 0.15) is 30.9 Å². The van der Waals surface area contributed by atoms with E-state index in [1.54, 1.807) is 0 Å². The predicted molar refractivity (Wildman–Crippen MR) is 83.5 cm³/mol. The highest BCUT2D eigenvalue weighted by molar-refractivity contribution is 9.09. The molecular weight excluding hydrogens is 304 g/mol. The van der Waals surface area contributed by atoms with Gasteiger partial charge in [-0.1, -0.05) is 46.3 Å². The Morgan fingerprint density at radius 1 is 1.26 bits per heavy atom. The molecule has 0 saturated heterocycles. The summed E-state index contributed by atoms with van der Waals surface area (Å²) in [5, 5.41) is 3.99. The summed E-state index contributed by atoms with van der Waals surface area (Å²) in [5.74, 6) is 0.142. The van der Waals surface area contributed by atoms with E-state index < -0.39 is 0 Å². The van der Waals surface area contributed by atoms with Gasteiger partial charge < -0.3 is 10.2 Å². The van der Waals surface area contributed by atoms with Crippen LogP contribution in [-0.4, -0.2) is 36.8 Å².